The largest absolute Gasteiger partial charge is 0.371 e. The van der Waals surface area contributed by atoms with Crippen molar-refractivity contribution in [2.75, 3.05) is 18.0 Å². The van der Waals surface area contributed by atoms with E-state index in [0.717, 1.165) is 18.9 Å². The third kappa shape index (κ3) is 3.81. The maximum Gasteiger partial charge on any atom is 0.110 e. The molecule has 3 rings (SSSR count). The lowest BCUT2D eigenvalue weighted by atomic mass is 10.00. The smallest absolute Gasteiger partial charge is 0.110 e. The third-order valence-corrected chi connectivity index (χ3v) is 5.31. The van der Waals surface area contributed by atoms with E-state index in [2.05, 4.69) is 64.8 Å². The van der Waals surface area contributed by atoms with Crippen LogP contribution >= 0.6 is 0 Å². The standard InChI is InChI=1S/C20H30N4/c1-15(2)16(3)22-18-9-12-23(13-10-18)19-5-7-20(8-6-19)24-14-11-21-17(24)4/h5-8,11,14-16,18,22H,9-10,12-13H2,1-4H3/t16-/m1/s1. The van der Waals surface area contributed by atoms with Gasteiger partial charge in [-0.2, -0.15) is 0 Å². The predicted octanol–water partition coefficient (Wildman–Crippen LogP) is 3.78. The summed E-state index contributed by atoms with van der Waals surface area (Å²) in [5, 5.41) is 3.79. The van der Waals surface area contributed by atoms with Crippen molar-refractivity contribution in [2.24, 2.45) is 5.92 Å². The molecule has 0 saturated carbocycles. The van der Waals surface area contributed by atoms with Crippen LogP contribution in [-0.2, 0) is 0 Å². The Kier molecular flexibility index (Phi) is 5.24. The number of benzene rings is 1. The molecule has 0 spiro atoms. The van der Waals surface area contributed by atoms with Gasteiger partial charge in [-0.1, -0.05) is 13.8 Å². The topological polar surface area (TPSA) is 33.1 Å². The molecule has 1 aliphatic heterocycles. The first-order chi connectivity index (χ1) is 11.5. The van der Waals surface area contributed by atoms with E-state index in [1.807, 2.05) is 19.3 Å². The maximum atomic E-state index is 4.30. The fourth-order valence-corrected chi connectivity index (χ4v) is 3.34. The number of piperidine rings is 1. The van der Waals surface area contributed by atoms with Crippen molar-refractivity contribution in [3.05, 3.63) is 42.5 Å². The van der Waals surface area contributed by atoms with E-state index in [1.54, 1.807) is 0 Å². The van der Waals surface area contributed by atoms with Crippen molar-refractivity contribution in [1.29, 1.82) is 0 Å². The Morgan fingerprint density at radius 3 is 2.21 bits per heavy atom. The van der Waals surface area contributed by atoms with Crippen molar-refractivity contribution in [3.8, 4) is 5.69 Å². The van der Waals surface area contributed by atoms with E-state index in [9.17, 15) is 0 Å². The summed E-state index contributed by atoms with van der Waals surface area (Å²) >= 11 is 0. The van der Waals surface area contributed by atoms with Gasteiger partial charge in [-0.15, -0.1) is 0 Å². The summed E-state index contributed by atoms with van der Waals surface area (Å²) in [5.41, 5.74) is 2.50. The summed E-state index contributed by atoms with van der Waals surface area (Å²) in [4.78, 5) is 6.80. The van der Waals surface area contributed by atoms with Gasteiger partial charge in [-0.25, -0.2) is 4.98 Å². The minimum atomic E-state index is 0.597. The number of aromatic nitrogens is 2. The lowest BCUT2D eigenvalue weighted by Gasteiger charge is -2.36. The molecule has 1 saturated heterocycles. The van der Waals surface area contributed by atoms with Gasteiger partial charge in [0.25, 0.3) is 0 Å². The van der Waals surface area contributed by atoms with E-state index in [1.165, 1.54) is 24.2 Å². The van der Waals surface area contributed by atoms with E-state index in [4.69, 9.17) is 0 Å². The van der Waals surface area contributed by atoms with Crippen LogP contribution in [0.1, 0.15) is 39.4 Å². The molecule has 0 radical (unpaired) electrons. The molecule has 2 aromatic rings. The first kappa shape index (κ1) is 17.0. The summed E-state index contributed by atoms with van der Waals surface area (Å²) < 4.78 is 2.12. The van der Waals surface area contributed by atoms with E-state index >= 15 is 0 Å². The highest BCUT2D eigenvalue weighted by molar-refractivity contribution is 5.51. The molecule has 2 heterocycles. The number of nitrogens with one attached hydrogen (secondary N) is 1. The molecule has 24 heavy (non-hydrogen) atoms. The zero-order chi connectivity index (χ0) is 17.1. The number of nitrogens with zero attached hydrogens (tertiary/aromatic N) is 3. The summed E-state index contributed by atoms with van der Waals surface area (Å²) in [6, 6.07) is 10.1. The molecule has 130 valence electrons. The van der Waals surface area contributed by atoms with Gasteiger partial charge < -0.3 is 14.8 Å². The van der Waals surface area contributed by atoms with Gasteiger partial charge in [0, 0.05) is 48.9 Å². The second kappa shape index (κ2) is 7.39. The van der Waals surface area contributed by atoms with Crippen molar-refractivity contribution in [1.82, 2.24) is 14.9 Å². The molecular weight excluding hydrogens is 296 g/mol. The van der Waals surface area contributed by atoms with Crippen molar-refractivity contribution in [2.45, 2.75) is 52.6 Å². The molecule has 4 nitrogen and oxygen atoms in total. The Hall–Kier alpha value is -1.81. The quantitative estimate of drug-likeness (QED) is 0.907. The fraction of sp³-hybridized carbons (Fsp3) is 0.550. The zero-order valence-electron chi connectivity index (χ0n) is 15.4. The molecule has 1 fully saturated rings. The van der Waals surface area contributed by atoms with Crippen LogP contribution in [0.4, 0.5) is 5.69 Å². The number of anilines is 1. The van der Waals surface area contributed by atoms with Gasteiger partial charge in [0.1, 0.15) is 5.82 Å². The Balaban J connectivity index is 1.58. The van der Waals surface area contributed by atoms with Crippen LogP contribution in [0.15, 0.2) is 36.7 Å². The SMILES string of the molecule is Cc1nccn1-c1ccc(N2CCC(N[C@H](C)C(C)C)CC2)cc1. The normalized spacial score (nSPS) is 17.5. The monoisotopic (exact) mass is 326 g/mol. The maximum absolute atomic E-state index is 4.30. The molecule has 0 aliphatic carbocycles. The zero-order valence-corrected chi connectivity index (χ0v) is 15.4. The molecule has 1 atom stereocenters. The second-order valence-electron chi connectivity index (χ2n) is 7.32. The van der Waals surface area contributed by atoms with E-state index in [0.29, 0.717) is 18.0 Å². The molecule has 4 heteroatoms. The average Bonchev–Trinajstić information content (AvgIpc) is 3.02. The number of hydrogen-bond acceptors (Lipinski definition) is 3. The molecular formula is C20H30N4. The molecule has 1 aromatic carbocycles. The number of rotatable bonds is 5. The van der Waals surface area contributed by atoms with Crippen molar-refractivity contribution < 1.29 is 0 Å². The van der Waals surface area contributed by atoms with Gasteiger partial charge in [0.2, 0.25) is 0 Å². The van der Waals surface area contributed by atoms with Crippen LogP contribution in [-0.4, -0.2) is 34.7 Å². The Morgan fingerprint density at radius 1 is 1.04 bits per heavy atom. The average molecular weight is 326 g/mol. The third-order valence-electron chi connectivity index (χ3n) is 5.31. The summed E-state index contributed by atoms with van der Waals surface area (Å²) in [7, 11) is 0. The molecule has 0 bridgehead atoms. The number of hydrogen-bond donors (Lipinski definition) is 1. The van der Waals surface area contributed by atoms with Crippen LogP contribution in [0.3, 0.4) is 0 Å². The van der Waals surface area contributed by atoms with Gasteiger partial charge >= 0.3 is 0 Å². The summed E-state index contributed by atoms with van der Waals surface area (Å²) in [6.07, 6.45) is 6.30. The van der Waals surface area contributed by atoms with Gasteiger partial charge in [0.15, 0.2) is 0 Å². The fourth-order valence-electron chi connectivity index (χ4n) is 3.34. The first-order valence-electron chi connectivity index (χ1n) is 9.16. The highest BCUT2D eigenvalue weighted by atomic mass is 15.2. The van der Waals surface area contributed by atoms with Crippen molar-refractivity contribution in [3.63, 3.8) is 0 Å². The van der Waals surface area contributed by atoms with Gasteiger partial charge in [-0.05, 0) is 56.9 Å². The minimum Gasteiger partial charge on any atom is -0.371 e. The number of aryl methyl sites for hydroxylation is 1. The van der Waals surface area contributed by atoms with Crippen LogP contribution in [0.2, 0.25) is 0 Å². The molecule has 0 unspecified atom stereocenters. The van der Waals surface area contributed by atoms with Crippen LogP contribution < -0.4 is 10.2 Å². The molecule has 0 amide bonds. The molecule has 1 aliphatic rings. The Labute approximate surface area is 145 Å². The molecule has 1 aromatic heterocycles. The van der Waals surface area contributed by atoms with E-state index in [-0.39, 0.29) is 0 Å². The van der Waals surface area contributed by atoms with Crippen LogP contribution in [0.25, 0.3) is 5.69 Å². The van der Waals surface area contributed by atoms with Crippen molar-refractivity contribution >= 4 is 5.69 Å². The Morgan fingerprint density at radius 2 is 1.67 bits per heavy atom. The lowest BCUT2D eigenvalue weighted by Crippen LogP contribution is -2.46. The predicted molar refractivity (Wildman–Crippen MR) is 101 cm³/mol. The molecule has 1 N–H and O–H groups in total. The summed E-state index contributed by atoms with van der Waals surface area (Å²) in [5.74, 6) is 1.72. The Bertz CT molecular complexity index is 636. The van der Waals surface area contributed by atoms with Gasteiger partial charge in [0.05, 0.1) is 0 Å². The van der Waals surface area contributed by atoms with Gasteiger partial charge in [-0.3, -0.25) is 0 Å². The highest BCUT2D eigenvalue weighted by Crippen LogP contribution is 2.22. The van der Waals surface area contributed by atoms with Crippen LogP contribution in [0.5, 0.6) is 0 Å². The van der Waals surface area contributed by atoms with Crippen LogP contribution in [0, 0.1) is 12.8 Å². The lowest BCUT2D eigenvalue weighted by molar-refractivity contribution is 0.331. The van der Waals surface area contributed by atoms with E-state index < -0.39 is 0 Å². The summed E-state index contributed by atoms with van der Waals surface area (Å²) in [6.45, 7) is 11.2. The minimum absolute atomic E-state index is 0.597. The highest BCUT2D eigenvalue weighted by Gasteiger charge is 2.21. The first-order valence-corrected chi connectivity index (χ1v) is 9.16. The second-order valence-corrected chi connectivity index (χ2v) is 7.32. The number of imidazole rings is 1.